The van der Waals surface area contributed by atoms with Crippen molar-refractivity contribution in [3.8, 4) is 0 Å². The molecule has 1 aliphatic heterocycles. The van der Waals surface area contributed by atoms with Gasteiger partial charge in [0.05, 0.1) is 32.7 Å². The fourth-order valence-electron chi connectivity index (χ4n) is 3.49. The lowest BCUT2D eigenvalue weighted by Crippen LogP contribution is -2.25. The van der Waals surface area contributed by atoms with E-state index in [2.05, 4.69) is 10.6 Å². The van der Waals surface area contributed by atoms with E-state index < -0.39 is 21.8 Å². The van der Waals surface area contributed by atoms with Crippen molar-refractivity contribution in [3.63, 3.8) is 0 Å². The summed E-state index contributed by atoms with van der Waals surface area (Å²) in [6, 6.07) is 15.5. The van der Waals surface area contributed by atoms with E-state index >= 15 is 0 Å². The predicted octanol–water partition coefficient (Wildman–Crippen LogP) is 5.69. The van der Waals surface area contributed by atoms with Crippen LogP contribution in [0.5, 0.6) is 0 Å². The Morgan fingerprint density at radius 3 is 2.32 bits per heavy atom. The van der Waals surface area contributed by atoms with Gasteiger partial charge in [-0.3, -0.25) is 13.9 Å². The molecule has 0 spiro atoms. The van der Waals surface area contributed by atoms with Crippen LogP contribution < -0.4 is 14.9 Å². The third kappa shape index (κ3) is 5.31. The van der Waals surface area contributed by atoms with Crippen LogP contribution >= 0.6 is 34.8 Å². The number of nitrogens with zero attached hydrogens (tertiary/aromatic N) is 1. The zero-order valence-electron chi connectivity index (χ0n) is 17.5. The van der Waals surface area contributed by atoms with E-state index in [9.17, 15) is 18.0 Å². The Balaban J connectivity index is 1.51. The van der Waals surface area contributed by atoms with E-state index in [0.717, 1.165) is 0 Å². The summed E-state index contributed by atoms with van der Waals surface area (Å²) in [5, 5.41) is 6.22. The van der Waals surface area contributed by atoms with Gasteiger partial charge in [-0.1, -0.05) is 40.9 Å². The third-order valence-electron chi connectivity index (χ3n) is 5.14. The number of anilines is 3. The minimum atomic E-state index is -3.36. The SMILES string of the molecule is O=C(Nc1cc(NC(=O)c2ccc(N3CCCS3(=O)=O)cc2Cl)ccc1Cl)c1cccc(Cl)c1. The van der Waals surface area contributed by atoms with Crippen molar-refractivity contribution >= 4 is 73.7 Å². The zero-order valence-corrected chi connectivity index (χ0v) is 20.6. The molecule has 176 valence electrons. The normalized spacial score (nSPS) is 14.6. The first kappa shape index (κ1) is 24.3. The van der Waals surface area contributed by atoms with Crippen LogP contribution in [0.4, 0.5) is 17.1 Å². The van der Waals surface area contributed by atoms with E-state index in [0.29, 0.717) is 40.6 Å². The molecule has 7 nitrogen and oxygen atoms in total. The largest absolute Gasteiger partial charge is 0.322 e. The summed E-state index contributed by atoms with van der Waals surface area (Å²) in [5.41, 5.74) is 1.60. The van der Waals surface area contributed by atoms with Crippen molar-refractivity contribution in [2.45, 2.75) is 6.42 Å². The maximum atomic E-state index is 12.8. The molecule has 1 heterocycles. The molecule has 11 heteroatoms. The first-order valence-electron chi connectivity index (χ1n) is 10.1. The zero-order chi connectivity index (χ0) is 24.5. The lowest BCUT2D eigenvalue weighted by molar-refractivity contribution is 0.101. The van der Waals surface area contributed by atoms with Crippen LogP contribution in [0.25, 0.3) is 0 Å². The number of nitrogens with one attached hydrogen (secondary N) is 2. The van der Waals surface area contributed by atoms with Gasteiger partial charge >= 0.3 is 0 Å². The van der Waals surface area contributed by atoms with E-state index in [-0.39, 0.29) is 21.4 Å². The third-order valence-corrected chi connectivity index (χ3v) is 7.89. The predicted molar refractivity (Wildman–Crippen MR) is 136 cm³/mol. The Morgan fingerprint density at radius 1 is 0.853 bits per heavy atom. The van der Waals surface area contributed by atoms with Gasteiger partial charge in [-0.15, -0.1) is 0 Å². The van der Waals surface area contributed by atoms with Gasteiger partial charge in [-0.2, -0.15) is 0 Å². The second-order valence-corrected chi connectivity index (χ2v) is 10.8. The highest BCUT2D eigenvalue weighted by molar-refractivity contribution is 7.93. The summed E-state index contributed by atoms with van der Waals surface area (Å²) in [4.78, 5) is 25.3. The highest BCUT2D eigenvalue weighted by Crippen LogP contribution is 2.30. The number of amides is 2. The summed E-state index contributed by atoms with van der Waals surface area (Å²) in [7, 11) is -3.36. The van der Waals surface area contributed by atoms with Crippen LogP contribution in [0.2, 0.25) is 15.1 Å². The van der Waals surface area contributed by atoms with Crippen molar-refractivity contribution in [1.29, 1.82) is 0 Å². The van der Waals surface area contributed by atoms with Crippen LogP contribution in [0.1, 0.15) is 27.1 Å². The fourth-order valence-corrected chi connectivity index (χ4v) is 5.67. The molecule has 3 aromatic rings. The minimum absolute atomic E-state index is 0.0829. The minimum Gasteiger partial charge on any atom is -0.322 e. The molecule has 34 heavy (non-hydrogen) atoms. The number of rotatable bonds is 5. The first-order chi connectivity index (χ1) is 16.1. The van der Waals surface area contributed by atoms with Gasteiger partial charge in [0.1, 0.15) is 0 Å². The fraction of sp³-hybridized carbons (Fsp3) is 0.130. The van der Waals surface area contributed by atoms with Crippen molar-refractivity contribution in [3.05, 3.63) is 86.9 Å². The van der Waals surface area contributed by atoms with Gasteiger partial charge in [-0.25, -0.2) is 8.42 Å². The summed E-state index contributed by atoms with van der Waals surface area (Å²) in [6.45, 7) is 0.374. The summed E-state index contributed by atoms with van der Waals surface area (Å²) in [6.07, 6.45) is 0.537. The Labute approximate surface area is 211 Å². The molecule has 1 saturated heterocycles. The molecular weight excluding hydrogens is 521 g/mol. The van der Waals surface area contributed by atoms with E-state index in [1.807, 2.05) is 0 Å². The molecule has 0 saturated carbocycles. The number of hydrogen-bond donors (Lipinski definition) is 2. The van der Waals surface area contributed by atoms with Gasteiger partial charge < -0.3 is 10.6 Å². The Kier molecular flexibility index (Phi) is 7.04. The average Bonchev–Trinajstić information content (AvgIpc) is 3.14. The lowest BCUT2D eigenvalue weighted by Gasteiger charge is -2.18. The summed E-state index contributed by atoms with van der Waals surface area (Å²) >= 11 is 18.4. The monoisotopic (exact) mass is 537 g/mol. The van der Waals surface area contributed by atoms with Gasteiger partial charge in [0.25, 0.3) is 11.8 Å². The smallest absolute Gasteiger partial charge is 0.257 e. The molecule has 1 fully saturated rings. The molecule has 2 amide bonds. The van der Waals surface area contributed by atoms with Crippen molar-refractivity contribution in [1.82, 2.24) is 0 Å². The molecule has 2 N–H and O–H groups in total. The van der Waals surface area contributed by atoms with E-state index in [1.54, 1.807) is 30.3 Å². The standard InChI is InChI=1S/C23H18Cl3N3O4S/c24-15-4-1-3-14(11-15)22(30)28-21-12-16(5-8-19(21)25)27-23(31)18-7-6-17(13-20(18)26)29-9-2-10-34(29,32)33/h1,3-8,11-13H,2,9-10H2,(H,27,31)(H,28,30). The number of hydrogen-bond acceptors (Lipinski definition) is 4. The number of sulfonamides is 1. The molecule has 0 unspecified atom stereocenters. The van der Waals surface area contributed by atoms with Gasteiger partial charge in [-0.05, 0) is 61.0 Å². The molecule has 1 aliphatic rings. The molecule has 0 radical (unpaired) electrons. The quantitative estimate of drug-likeness (QED) is 0.436. The molecule has 0 aromatic heterocycles. The number of benzene rings is 3. The maximum Gasteiger partial charge on any atom is 0.257 e. The van der Waals surface area contributed by atoms with Gasteiger partial charge in [0, 0.05) is 22.8 Å². The van der Waals surface area contributed by atoms with Crippen LogP contribution in [0, 0.1) is 0 Å². The maximum absolute atomic E-state index is 12.8. The highest BCUT2D eigenvalue weighted by atomic mass is 35.5. The number of carbonyl (C=O) groups is 2. The van der Waals surface area contributed by atoms with Crippen molar-refractivity contribution in [2.75, 3.05) is 27.2 Å². The lowest BCUT2D eigenvalue weighted by atomic mass is 10.1. The van der Waals surface area contributed by atoms with E-state index in [4.69, 9.17) is 34.8 Å². The van der Waals surface area contributed by atoms with Crippen LogP contribution in [-0.4, -0.2) is 32.5 Å². The second-order valence-electron chi connectivity index (χ2n) is 7.52. The Bertz CT molecular complexity index is 1400. The first-order valence-corrected chi connectivity index (χ1v) is 12.9. The van der Waals surface area contributed by atoms with Crippen LogP contribution in [0.15, 0.2) is 60.7 Å². The molecule has 0 atom stereocenters. The van der Waals surface area contributed by atoms with Crippen molar-refractivity contribution < 1.29 is 18.0 Å². The average molecular weight is 539 g/mol. The molecule has 0 bridgehead atoms. The molecule has 4 rings (SSSR count). The molecular formula is C23H18Cl3N3O4S. The topological polar surface area (TPSA) is 95.6 Å². The van der Waals surface area contributed by atoms with E-state index in [1.165, 1.54) is 34.6 Å². The number of carbonyl (C=O) groups excluding carboxylic acids is 2. The second kappa shape index (κ2) is 9.84. The summed E-state index contributed by atoms with van der Waals surface area (Å²) in [5.74, 6) is -0.835. The highest BCUT2D eigenvalue weighted by Gasteiger charge is 2.29. The van der Waals surface area contributed by atoms with Crippen LogP contribution in [0.3, 0.4) is 0 Å². The van der Waals surface area contributed by atoms with Crippen molar-refractivity contribution in [2.24, 2.45) is 0 Å². The Hall–Kier alpha value is -2.78. The van der Waals surface area contributed by atoms with Crippen LogP contribution in [-0.2, 0) is 10.0 Å². The van der Waals surface area contributed by atoms with Gasteiger partial charge in [0.15, 0.2) is 0 Å². The molecule has 0 aliphatic carbocycles. The number of halogens is 3. The van der Waals surface area contributed by atoms with Gasteiger partial charge in [0.2, 0.25) is 10.0 Å². The molecule has 3 aromatic carbocycles. The summed E-state index contributed by atoms with van der Waals surface area (Å²) < 4.78 is 25.6. The Morgan fingerprint density at radius 2 is 1.65 bits per heavy atom.